The fraction of sp³-hybridized carbons (Fsp3) is 0.556. The van der Waals surface area contributed by atoms with Gasteiger partial charge in [0.25, 0.3) is 11.8 Å². The maximum absolute atomic E-state index is 14.4. The van der Waals surface area contributed by atoms with E-state index in [4.69, 9.17) is 9.57 Å². The van der Waals surface area contributed by atoms with Crippen LogP contribution < -0.4 is 16.1 Å². The smallest absolute Gasteiger partial charge is 0.325 e. The molecule has 0 spiro atoms. The molecule has 8 atom stereocenters. The number of carbonyl (C=O) groups is 6. The third-order valence-electron chi connectivity index (χ3n) is 11.1. The number of benzene rings is 1. The number of fused-ring (bicyclic) bond motifs is 2. The summed E-state index contributed by atoms with van der Waals surface area (Å²) in [6, 6.07) is -0.401. The van der Waals surface area contributed by atoms with Gasteiger partial charge in [-0.2, -0.15) is 0 Å². The molecule has 6 N–H and O–H groups in total. The van der Waals surface area contributed by atoms with Crippen molar-refractivity contribution in [2.24, 2.45) is 17.8 Å². The lowest BCUT2D eigenvalue weighted by Crippen LogP contribution is -2.62. The van der Waals surface area contributed by atoms with Gasteiger partial charge in [0, 0.05) is 50.4 Å². The second kappa shape index (κ2) is 23.8. The van der Waals surface area contributed by atoms with Crippen molar-refractivity contribution < 1.29 is 58.1 Å². The van der Waals surface area contributed by atoms with E-state index in [0.29, 0.717) is 31.6 Å². The van der Waals surface area contributed by atoms with Crippen LogP contribution in [0.1, 0.15) is 85.1 Å². The van der Waals surface area contributed by atoms with E-state index in [0.717, 1.165) is 25.0 Å². The first kappa shape index (κ1) is 49.4. The number of halogens is 1. The maximum atomic E-state index is 14.4. The Kier molecular flexibility index (Phi) is 19.0. The second-order valence-corrected chi connectivity index (χ2v) is 16.5. The molecule has 340 valence electrons. The molecule has 2 bridgehead atoms. The molecule has 3 aliphatic rings. The number of Topliss-reactive ketones (excluding diaryl/α,β-unsaturated/α-hetero) is 1. The lowest BCUT2D eigenvalue weighted by molar-refractivity contribution is -0.191. The summed E-state index contributed by atoms with van der Waals surface area (Å²) in [5, 5.41) is 40.6. The van der Waals surface area contributed by atoms with Gasteiger partial charge < -0.3 is 35.5 Å². The van der Waals surface area contributed by atoms with Crippen LogP contribution in [0, 0.1) is 23.6 Å². The van der Waals surface area contributed by atoms with Crippen molar-refractivity contribution in [3.05, 3.63) is 77.7 Å². The van der Waals surface area contributed by atoms with Crippen molar-refractivity contribution in [3.8, 4) is 5.75 Å². The Bertz CT molecular complexity index is 1860. The fourth-order valence-electron chi connectivity index (χ4n) is 7.36. The van der Waals surface area contributed by atoms with E-state index in [2.05, 4.69) is 16.1 Å². The van der Waals surface area contributed by atoms with Crippen LogP contribution in [0.4, 0.5) is 4.39 Å². The first-order valence-electron chi connectivity index (χ1n) is 21.3. The van der Waals surface area contributed by atoms with Crippen LogP contribution in [-0.4, -0.2) is 117 Å². The monoisotopic (exact) mass is 867 g/mol. The zero-order valence-corrected chi connectivity index (χ0v) is 36.1. The predicted molar refractivity (Wildman–Crippen MR) is 225 cm³/mol. The van der Waals surface area contributed by atoms with Crippen molar-refractivity contribution >= 4 is 35.4 Å². The van der Waals surface area contributed by atoms with E-state index in [1.165, 1.54) is 41.3 Å². The molecule has 0 saturated carbocycles. The third kappa shape index (κ3) is 14.7. The van der Waals surface area contributed by atoms with Gasteiger partial charge in [-0.05, 0) is 75.1 Å². The number of hydrogen-bond donors (Lipinski definition) is 6. The number of hydrogen-bond acceptors (Lipinski definition) is 12. The van der Waals surface area contributed by atoms with Crippen LogP contribution in [-0.2, 0) is 44.8 Å². The average Bonchev–Trinajstić information content (AvgIpc) is 3.23. The largest absolute Gasteiger partial charge is 0.508 e. The predicted octanol–water partition coefficient (Wildman–Crippen LogP) is 3.02. The highest BCUT2D eigenvalue weighted by Gasteiger charge is 2.39. The van der Waals surface area contributed by atoms with E-state index in [9.17, 15) is 48.5 Å². The van der Waals surface area contributed by atoms with Crippen molar-refractivity contribution in [2.75, 3.05) is 19.7 Å². The molecule has 62 heavy (non-hydrogen) atoms. The number of carbonyl (C=O) groups excluding carboxylic acids is 6. The average molecular weight is 868 g/mol. The molecule has 0 radical (unpaired) electrons. The van der Waals surface area contributed by atoms with Crippen molar-refractivity contribution in [1.82, 2.24) is 26.1 Å². The molecule has 4 rings (SSSR count). The maximum Gasteiger partial charge on any atom is 0.325 e. The van der Waals surface area contributed by atoms with Crippen LogP contribution in [0.5, 0.6) is 5.75 Å². The highest BCUT2D eigenvalue weighted by atomic mass is 19.1. The topological polar surface area (TPSA) is 224 Å². The molecule has 0 aromatic heterocycles. The van der Waals surface area contributed by atoms with Gasteiger partial charge >= 0.3 is 5.97 Å². The molecule has 1 aromatic rings. The standard InChI is InChI=1S/C45H62FN5O11/c1-27(2)40-43(58)47-36(25-31-23-32(46)26-33(53)24-31)44(59)50-20-12-14-35(49-50)45(60)62-38(28(3)13-11-17-39(55)51-21-9-10-22-61-51)16-8-6-7-15-37(54)30(5)41(56)34(42(57)48-40)19-18-29(4)52/h6-8,11,13,15,17,23-24,26-27,30,34-38,40-41,49,53-54,56H,9-10,12,14,16,18-22,25H2,1-5H3,(H,47,58)(H,48,57)/b8-6+,15-7+,17-11-,28-13+/t30-,34+,35?,36-,37-,38-,40-,41+/m0/s1. The summed E-state index contributed by atoms with van der Waals surface area (Å²) in [6.07, 6.45) is 9.38. The van der Waals surface area contributed by atoms with E-state index < -0.39 is 89.4 Å². The Balaban J connectivity index is 1.71. The second-order valence-electron chi connectivity index (χ2n) is 16.5. The minimum atomic E-state index is -1.46. The number of ketones is 1. The molecule has 3 heterocycles. The molecule has 4 amide bonds. The van der Waals surface area contributed by atoms with Crippen LogP contribution in [0.15, 0.2) is 66.3 Å². The summed E-state index contributed by atoms with van der Waals surface area (Å²) < 4.78 is 20.5. The first-order valence-corrected chi connectivity index (χ1v) is 21.3. The molecule has 2 fully saturated rings. The highest BCUT2D eigenvalue weighted by molar-refractivity contribution is 5.93. The summed E-state index contributed by atoms with van der Waals surface area (Å²) >= 11 is 0. The van der Waals surface area contributed by atoms with Crippen LogP contribution in [0.3, 0.4) is 0 Å². The lowest BCUT2D eigenvalue weighted by atomic mass is 9.84. The number of aliphatic hydroxyl groups excluding tert-OH is 2. The van der Waals surface area contributed by atoms with Crippen LogP contribution >= 0.6 is 0 Å². The molecular formula is C45H62FN5O11. The summed E-state index contributed by atoms with van der Waals surface area (Å²) in [6.45, 7) is 9.00. The van der Waals surface area contributed by atoms with Gasteiger partial charge in [0.1, 0.15) is 41.6 Å². The van der Waals surface area contributed by atoms with Gasteiger partial charge in [-0.25, -0.2) is 14.9 Å². The van der Waals surface area contributed by atoms with Gasteiger partial charge in [-0.1, -0.05) is 57.2 Å². The number of phenolic OH excluding ortho intramolecular Hbond substituents is 1. The van der Waals surface area contributed by atoms with Crippen molar-refractivity contribution in [1.29, 1.82) is 0 Å². The van der Waals surface area contributed by atoms with E-state index >= 15 is 0 Å². The summed E-state index contributed by atoms with van der Waals surface area (Å²) in [5.74, 6) is -7.33. The molecule has 2 saturated heterocycles. The number of ether oxygens (including phenoxy) is 1. The number of phenols is 1. The minimum absolute atomic E-state index is 0.0610. The zero-order valence-electron chi connectivity index (χ0n) is 36.1. The highest BCUT2D eigenvalue weighted by Crippen LogP contribution is 2.24. The van der Waals surface area contributed by atoms with Crippen molar-refractivity contribution in [3.63, 3.8) is 0 Å². The number of cyclic esters (lactones) is 1. The Morgan fingerprint density at radius 3 is 2.44 bits per heavy atom. The number of nitrogens with zero attached hydrogens (tertiary/aromatic N) is 2. The quantitative estimate of drug-likeness (QED) is 0.120. The van der Waals surface area contributed by atoms with Gasteiger partial charge in [-0.15, -0.1) is 0 Å². The number of amides is 4. The SMILES string of the molecule is CC(=O)CC[C@H]1C(=O)N[C@@H](C(C)C)C(=O)N[C@@H](Cc2cc(O)cc(F)c2)C(=O)N2CCCC(N2)C(=O)O[C@H](/C(C)=C/C=C\C(=O)N2CCCCO2)C/C=C/C=C/[C@H](O)[C@H](C)[C@H]1O. The first-order chi connectivity index (χ1) is 29.4. The molecular weight excluding hydrogens is 806 g/mol. The van der Waals surface area contributed by atoms with Crippen molar-refractivity contribution in [2.45, 2.75) is 122 Å². The number of hydrazine groups is 1. The summed E-state index contributed by atoms with van der Waals surface area (Å²) in [4.78, 5) is 86.3. The van der Waals surface area contributed by atoms with E-state index in [-0.39, 0.29) is 49.5 Å². The number of nitrogens with one attached hydrogen (secondary N) is 3. The molecule has 1 aromatic carbocycles. The lowest BCUT2D eigenvalue weighted by Gasteiger charge is -2.36. The molecule has 1 unspecified atom stereocenters. The number of aromatic hydroxyl groups is 1. The Morgan fingerprint density at radius 1 is 1.00 bits per heavy atom. The van der Waals surface area contributed by atoms with Gasteiger partial charge in [-0.3, -0.25) is 33.8 Å². The molecule has 0 aliphatic carbocycles. The Labute approximate surface area is 362 Å². The Hall–Kier alpha value is -5.23. The number of rotatable bonds is 9. The van der Waals surface area contributed by atoms with Crippen LogP contribution in [0.25, 0.3) is 0 Å². The van der Waals surface area contributed by atoms with Gasteiger partial charge in [0.05, 0.1) is 24.7 Å². The minimum Gasteiger partial charge on any atom is -0.508 e. The number of esters is 1. The summed E-state index contributed by atoms with van der Waals surface area (Å²) in [7, 11) is 0. The zero-order chi connectivity index (χ0) is 45.5. The number of allylic oxidation sites excluding steroid dienone is 4. The molecule has 3 aliphatic heterocycles. The molecule has 16 nitrogen and oxygen atoms in total. The third-order valence-corrected chi connectivity index (χ3v) is 11.1. The number of hydroxylamine groups is 2. The molecule has 17 heteroatoms. The number of aliphatic hydroxyl groups is 2. The fourth-order valence-corrected chi connectivity index (χ4v) is 7.36. The normalized spacial score (nSPS) is 29.0. The summed E-state index contributed by atoms with van der Waals surface area (Å²) in [5.41, 5.74) is 3.69. The van der Waals surface area contributed by atoms with E-state index in [1.54, 1.807) is 52.0 Å². The van der Waals surface area contributed by atoms with E-state index in [1.807, 2.05) is 0 Å². The van der Waals surface area contributed by atoms with Gasteiger partial charge in [0.15, 0.2) is 0 Å². The van der Waals surface area contributed by atoms with Crippen LogP contribution in [0.2, 0.25) is 0 Å². The van der Waals surface area contributed by atoms with Gasteiger partial charge in [0.2, 0.25) is 11.8 Å². The Morgan fingerprint density at radius 2 is 1.76 bits per heavy atom.